The summed E-state index contributed by atoms with van der Waals surface area (Å²) in [5, 5.41) is 9.06. The molecular weight excluding hydrogens is 601 g/mol. The quantitative estimate of drug-likeness (QED) is 0.150. The third kappa shape index (κ3) is 11.2. The van der Waals surface area contributed by atoms with E-state index in [1.54, 1.807) is 29.2 Å². The lowest BCUT2D eigenvalue weighted by atomic mass is 10.0. The molecule has 42 heavy (non-hydrogen) atoms. The van der Waals surface area contributed by atoms with Gasteiger partial charge in [0.1, 0.15) is 10.7 Å². The van der Waals surface area contributed by atoms with E-state index in [0.29, 0.717) is 42.3 Å². The van der Waals surface area contributed by atoms with Crippen molar-refractivity contribution in [1.82, 2.24) is 20.3 Å². The highest BCUT2D eigenvalue weighted by atomic mass is 35.5. The summed E-state index contributed by atoms with van der Waals surface area (Å²) in [5.74, 6) is 0.867. The van der Waals surface area contributed by atoms with Gasteiger partial charge in [-0.1, -0.05) is 55.2 Å². The van der Waals surface area contributed by atoms with Gasteiger partial charge < -0.3 is 25.3 Å². The number of carbonyl (C=O) groups is 2. The van der Waals surface area contributed by atoms with Crippen molar-refractivity contribution in [1.29, 1.82) is 0 Å². The van der Waals surface area contributed by atoms with Gasteiger partial charge in [0, 0.05) is 36.4 Å². The first-order valence-corrected chi connectivity index (χ1v) is 15.9. The third-order valence-corrected chi connectivity index (χ3v) is 8.35. The van der Waals surface area contributed by atoms with E-state index in [1.807, 2.05) is 32.0 Å². The Labute approximate surface area is 257 Å². The molecule has 0 aliphatic carbocycles. The highest BCUT2D eigenvalue weighted by molar-refractivity contribution is 7.89. The van der Waals surface area contributed by atoms with Gasteiger partial charge in [0.25, 0.3) is 0 Å². The molecule has 0 saturated carbocycles. The zero-order valence-corrected chi connectivity index (χ0v) is 25.9. The van der Waals surface area contributed by atoms with Gasteiger partial charge in [0.15, 0.2) is 0 Å². The van der Waals surface area contributed by atoms with Crippen LogP contribution in [-0.4, -0.2) is 51.1 Å². The summed E-state index contributed by atoms with van der Waals surface area (Å²) in [6, 6.07) is 15.8. The van der Waals surface area contributed by atoms with Crippen molar-refractivity contribution in [3.05, 3.63) is 82.7 Å². The molecule has 4 N–H and O–H groups in total. The first kappa shape index (κ1) is 33.3. The fourth-order valence-electron chi connectivity index (χ4n) is 4.26. The van der Waals surface area contributed by atoms with Gasteiger partial charge in [-0.25, -0.2) is 22.7 Å². The molecule has 1 atom stereocenters. The second kappa shape index (κ2) is 16.4. The zero-order chi connectivity index (χ0) is 30.5. The Kier molecular flexibility index (Phi) is 13.0. The number of halogens is 2. The molecule has 3 aromatic rings. The molecule has 13 heteroatoms. The number of sulfonamides is 1. The van der Waals surface area contributed by atoms with Crippen LogP contribution in [0.3, 0.4) is 0 Å². The van der Waals surface area contributed by atoms with E-state index in [2.05, 4.69) is 20.7 Å². The molecule has 0 fully saturated rings. The van der Waals surface area contributed by atoms with E-state index in [0.717, 1.165) is 0 Å². The van der Waals surface area contributed by atoms with Crippen LogP contribution in [0.25, 0.3) is 0 Å². The number of unbranched alkanes of at least 4 members (excludes halogenated alkanes) is 1. The SMILES string of the molecule is CC(C)C[C@@H](CN(CCCCNS(=O)(=O)c1ccc(Cl)cc1Cl)C(=O)NCc1ccco1)NC(=O)Nc1ccccc1. The van der Waals surface area contributed by atoms with Crippen molar-refractivity contribution in [2.75, 3.05) is 25.0 Å². The van der Waals surface area contributed by atoms with E-state index in [-0.39, 0.29) is 53.6 Å². The molecule has 0 spiro atoms. The maximum atomic E-state index is 13.2. The Morgan fingerprint density at radius 1 is 1.00 bits per heavy atom. The maximum Gasteiger partial charge on any atom is 0.319 e. The molecule has 0 bridgehead atoms. The number of urea groups is 2. The van der Waals surface area contributed by atoms with Crippen LogP contribution in [-0.2, 0) is 16.6 Å². The van der Waals surface area contributed by atoms with Gasteiger partial charge in [-0.05, 0) is 67.6 Å². The van der Waals surface area contributed by atoms with Gasteiger partial charge in [0.05, 0.1) is 17.8 Å². The van der Waals surface area contributed by atoms with Gasteiger partial charge in [0.2, 0.25) is 10.0 Å². The van der Waals surface area contributed by atoms with Crippen LogP contribution < -0.4 is 20.7 Å². The molecule has 10 nitrogen and oxygen atoms in total. The Balaban J connectivity index is 1.61. The van der Waals surface area contributed by atoms with Crippen molar-refractivity contribution >= 4 is 51.0 Å². The lowest BCUT2D eigenvalue weighted by Gasteiger charge is -2.29. The maximum absolute atomic E-state index is 13.2. The van der Waals surface area contributed by atoms with Crippen molar-refractivity contribution < 1.29 is 22.4 Å². The average Bonchev–Trinajstić information content (AvgIpc) is 3.44. The number of benzene rings is 2. The van der Waals surface area contributed by atoms with Crippen LogP contribution >= 0.6 is 23.2 Å². The number of para-hydroxylation sites is 1. The molecule has 0 aliphatic rings. The van der Waals surface area contributed by atoms with Crippen molar-refractivity contribution in [2.24, 2.45) is 5.92 Å². The highest BCUT2D eigenvalue weighted by Crippen LogP contribution is 2.24. The van der Waals surface area contributed by atoms with Gasteiger partial charge in [-0.2, -0.15) is 0 Å². The topological polar surface area (TPSA) is 133 Å². The molecule has 0 saturated heterocycles. The van der Waals surface area contributed by atoms with Crippen LogP contribution in [0, 0.1) is 5.92 Å². The van der Waals surface area contributed by atoms with Crippen LogP contribution in [0.4, 0.5) is 15.3 Å². The second-order valence-electron chi connectivity index (χ2n) is 10.2. The Bertz CT molecular complexity index is 1390. The molecule has 3 rings (SSSR count). The summed E-state index contributed by atoms with van der Waals surface area (Å²) in [7, 11) is -3.83. The second-order valence-corrected chi connectivity index (χ2v) is 12.7. The van der Waals surface area contributed by atoms with E-state index in [1.165, 1.54) is 24.5 Å². The van der Waals surface area contributed by atoms with Crippen LogP contribution in [0.15, 0.2) is 76.2 Å². The minimum atomic E-state index is -3.83. The van der Waals surface area contributed by atoms with E-state index < -0.39 is 10.0 Å². The summed E-state index contributed by atoms with van der Waals surface area (Å²) in [6.07, 6.45) is 3.15. The Morgan fingerprint density at radius 3 is 2.43 bits per heavy atom. The zero-order valence-electron chi connectivity index (χ0n) is 23.6. The Hall–Kier alpha value is -3.25. The number of furan rings is 1. The molecule has 0 radical (unpaired) electrons. The van der Waals surface area contributed by atoms with Crippen molar-refractivity contribution in [3.8, 4) is 0 Å². The normalized spacial score (nSPS) is 12.1. The average molecular weight is 639 g/mol. The lowest BCUT2D eigenvalue weighted by Crippen LogP contribution is -2.50. The summed E-state index contributed by atoms with van der Waals surface area (Å²) < 4.78 is 33.2. The predicted molar refractivity (Wildman–Crippen MR) is 165 cm³/mol. The lowest BCUT2D eigenvalue weighted by molar-refractivity contribution is 0.184. The number of amides is 4. The van der Waals surface area contributed by atoms with E-state index >= 15 is 0 Å². The Morgan fingerprint density at radius 2 is 1.76 bits per heavy atom. The van der Waals surface area contributed by atoms with E-state index in [9.17, 15) is 18.0 Å². The smallest absolute Gasteiger partial charge is 0.319 e. The van der Waals surface area contributed by atoms with E-state index in [4.69, 9.17) is 27.6 Å². The van der Waals surface area contributed by atoms with Gasteiger partial charge in [-0.3, -0.25) is 0 Å². The summed E-state index contributed by atoms with van der Waals surface area (Å²) in [4.78, 5) is 27.5. The number of nitrogens with zero attached hydrogens (tertiary/aromatic N) is 1. The highest BCUT2D eigenvalue weighted by Gasteiger charge is 2.22. The van der Waals surface area contributed by atoms with Crippen molar-refractivity contribution in [3.63, 3.8) is 0 Å². The molecule has 228 valence electrons. The number of anilines is 1. The monoisotopic (exact) mass is 637 g/mol. The molecule has 0 unspecified atom stereocenters. The molecule has 4 amide bonds. The fourth-order valence-corrected chi connectivity index (χ4v) is 6.10. The molecule has 1 heterocycles. The predicted octanol–water partition coefficient (Wildman–Crippen LogP) is 6.09. The molecule has 2 aromatic carbocycles. The summed E-state index contributed by atoms with van der Waals surface area (Å²) in [5.41, 5.74) is 0.661. The third-order valence-electron chi connectivity index (χ3n) is 6.18. The van der Waals surface area contributed by atoms with Gasteiger partial charge in [-0.15, -0.1) is 0 Å². The number of rotatable bonds is 15. The summed E-state index contributed by atoms with van der Waals surface area (Å²) in [6.45, 7) is 5.05. The first-order chi connectivity index (χ1) is 20.0. The number of carbonyl (C=O) groups excluding carboxylic acids is 2. The molecule has 0 aliphatic heterocycles. The molecule has 1 aromatic heterocycles. The number of hydrogen-bond donors (Lipinski definition) is 4. The number of hydrogen-bond acceptors (Lipinski definition) is 5. The fraction of sp³-hybridized carbons (Fsp3) is 0.379. The number of nitrogens with one attached hydrogen (secondary N) is 4. The minimum absolute atomic E-state index is 0.0365. The van der Waals surface area contributed by atoms with Crippen LogP contribution in [0.2, 0.25) is 10.0 Å². The van der Waals surface area contributed by atoms with Crippen LogP contribution in [0.5, 0.6) is 0 Å². The minimum Gasteiger partial charge on any atom is -0.467 e. The largest absolute Gasteiger partial charge is 0.467 e. The standard InChI is InChI=1S/C29H37Cl2N5O5S/c1-21(2)17-24(35-28(37)34-23-9-4-3-5-10-23)20-36(29(38)32-19-25-11-8-16-41-25)15-7-6-14-33-42(39,40)27-13-12-22(30)18-26(27)31/h3-5,8-13,16,18,21,24,33H,6-7,14-15,17,19-20H2,1-2H3,(H,32,38)(H2,34,35,37)/t24-/m0/s1. The van der Waals surface area contributed by atoms with Gasteiger partial charge >= 0.3 is 12.1 Å². The summed E-state index contributed by atoms with van der Waals surface area (Å²) >= 11 is 11.9. The molecular formula is C29H37Cl2N5O5S. The first-order valence-electron chi connectivity index (χ1n) is 13.7. The van der Waals surface area contributed by atoms with Crippen molar-refractivity contribution in [2.45, 2.75) is 50.6 Å². The van der Waals surface area contributed by atoms with Crippen LogP contribution in [0.1, 0.15) is 38.9 Å².